The van der Waals surface area contributed by atoms with Gasteiger partial charge in [0.15, 0.2) is 5.13 Å². The number of nitrogens with one attached hydrogen (secondary N) is 2. The first-order valence-electron chi connectivity index (χ1n) is 7.43. The summed E-state index contributed by atoms with van der Waals surface area (Å²) in [6.07, 6.45) is 1.32. The minimum absolute atomic E-state index is 0.0840. The Morgan fingerprint density at radius 1 is 1.28 bits per heavy atom. The van der Waals surface area contributed by atoms with E-state index < -0.39 is 5.97 Å². The molecular formula is C16H17N3O4S2. The minimum Gasteiger partial charge on any atom is -0.481 e. The standard InChI is InChI=1S/C16H17N3O4S2/c1-10(15(23)19-16-17-7-8-24-16)25-12-4-2-3-11(9-12)18-13(20)5-6-14(21)22/h2-4,7-10H,5-6H2,1H3,(H,18,20)(H,21,22)(H,17,19,23). The number of nitrogens with zero attached hydrogens (tertiary/aromatic N) is 1. The van der Waals surface area contributed by atoms with Gasteiger partial charge in [0.25, 0.3) is 0 Å². The lowest BCUT2D eigenvalue weighted by molar-refractivity contribution is -0.138. The van der Waals surface area contributed by atoms with Crippen LogP contribution in [0.3, 0.4) is 0 Å². The maximum absolute atomic E-state index is 12.1. The molecule has 2 amide bonds. The van der Waals surface area contributed by atoms with Gasteiger partial charge in [-0.1, -0.05) is 6.07 Å². The SMILES string of the molecule is CC(Sc1cccc(NC(=O)CCC(=O)O)c1)C(=O)Nc1nccs1. The Labute approximate surface area is 152 Å². The van der Waals surface area contributed by atoms with Gasteiger partial charge in [-0.15, -0.1) is 23.1 Å². The van der Waals surface area contributed by atoms with Gasteiger partial charge in [0, 0.05) is 28.6 Å². The number of rotatable bonds is 8. The van der Waals surface area contributed by atoms with E-state index in [1.165, 1.54) is 23.1 Å². The maximum Gasteiger partial charge on any atom is 0.303 e. The van der Waals surface area contributed by atoms with Gasteiger partial charge in [-0.3, -0.25) is 14.4 Å². The zero-order chi connectivity index (χ0) is 18.2. The monoisotopic (exact) mass is 379 g/mol. The maximum atomic E-state index is 12.1. The molecule has 0 saturated carbocycles. The van der Waals surface area contributed by atoms with Crippen molar-refractivity contribution in [2.75, 3.05) is 10.6 Å². The second-order valence-corrected chi connectivity index (χ2v) is 7.37. The number of carbonyl (C=O) groups is 3. The van der Waals surface area contributed by atoms with Crippen molar-refractivity contribution in [3.63, 3.8) is 0 Å². The van der Waals surface area contributed by atoms with E-state index in [1.807, 2.05) is 6.07 Å². The molecule has 0 radical (unpaired) electrons. The number of hydrogen-bond acceptors (Lipinski definition) is 6. The Balaban J connectivity index is 1.90. The summed E-state index contributed by atoms with van der Waals surface area (Å²) in [6.45, 7) is 1.78. The molecule has 0 aliphatic rings. The van der Waals surface area contributed by atoms with Gasteiger partial charge < -0.3 is 15.7 Å². The largest absolute Gasteiger partial charge is 0.481 e. The van der Waals surface area contributed by atoms with Crippen molar-refractivity contribution in [1.29, 1.82) is 0 Å². The number of benzene rings is 1. The average Bonchev–Trinajstić information content (AvgIpc) is 3.06. The molecule has 1 unspecified atom stereocenters. The predicted molar refractivity (Wildman–Crippen MR) is 98.0 cm³/mol. The number of hydrogen-bond donors (Lipinski definition) is 3. The molecule has 0 aliphatic heterocycles. The van der Waals surface area contributed by atoms with Crippen LogP contribution in [0.15, 0.2) is 40.7 Å². The predicted octanol–water partition coefficient (Wildman–Crippen LogP) is 3.07. The number of aromatic nitrogens is 1. The number of carbonyl (C=O) groups excluding carboxylic acids is 2. The smallest absolute Gasteiger partial charge is 0.303 e. The summed E-state index contributed by atoms with van der Waals surface area (Å²) >= 11 is 2.70. The van der Waals surface area contributed by atoms with E-state index in [0.29, 0.717) is 10.8 Å². The van der Waals surface area contributed by atoms with Crippen LogP contribution in [0.4, 0.5) is 10.8 Å². The van der Waals surface area contributed by atoms with Crippen LogP contribution >= 0.6 is 23.1 Å². The van der Waals surface area contributed by atoms with Gasteiger partial charge in [0.2, 0.25) is 11.8 Å². The number of carboxylic acid groups (broad SMARTS) is 1. The van der Waals surface area contributed by atoms with Crippen molar-refractivity contribution in [2.45, 2.75) is 29.9 Å². The lowest BCUT2D eigenvalue weighted by Gasteiger charge is -2.12. The zero-order valence-electron chi connectivity index (χ0n) is 13.4. The highest BCUT2D eigenvalue weighted by molar-refractivity contribution is 8.00. The lowest BCUT2D eigenvalue weighted by Crippen LogP contribution is -2.22. The van der Waals surface area contributed by atoms with Gasteiger partial charge in [-0.2, -0.15) is 0 Å². The highest BCUT2D eigenvalue weighted by Gasteiger charge is 2.16. The number of anilines is 2. The van der Waals surface area contributed by atoms with Crippen LogP contribution in [0.5, 0.6) is 0 Å². The number of thiazole rings is 1. The van der Waals surface area contributed by atoms with Crippen LogP contribution in [0.1, 0.15) is 19.8 Å². The number of carboxylic acids is 1. The molecule has 2 rings (SSSR count). The first kappa shape index (κ1) is 18.9. The van der Waals surface area contributed by atoms with Crippen LogP contribution in [-0.4, -0.2) is 33.1 Å². The minimum atomic E-state index is -1.01. The molecule has 0 fully saturated rings. The third-order valence-electron chi connectivity index (χ3n) is 3.03. The Kier molecular flexibility index (Phi) is 6.96. The van der Waals surface area contributed by atoms with Crippen molar-refractivity contribution in [3.8, 4) is 0 Å². The third kappa shape index (κ3) is 6.55. The van der Waals surface area contributed by atoms with E-state index in [9.17, 15) is 14.4 Å². The van der Waals surface area contributed by atoms with E-state index in [0.717, 1.165) is 4.90 Å². The second-order valence-electron chi connectivity index (χ2n) is 5.06. The molecule has 3 N–H and O–H groups in total. The molecular weight excluding hydrogens is 362 g/mol. The Hall–Kier alpha value is -2.39. The van der Waals surface area contributed by atoms with Crippen molar-refractivity contribution in [2.24, 2.45) is 0 Å². The molecule has 9 heteroatoms. The van der Waals surface area contributed by atoms with E-state index in [4.69, 9.17) is 5.11 Å². The molecule has 0 bridgehead atoms. The summed E-state index contributed by atoms with van der Waals surface area (Å²) in [5.74, 6) is -1.53. The highest BCUT2D eigenvalue weighted by atomic mass is 32.2. The molecule has 1 aromatic heterocycles. The molecule has 132 valence electrons. The molecule has 0 aliphatic carbocycles. The van der Waals surface area contributed by atoms with Gasteiger partial charge in [-0.25, -0.2) is 4.98 Å². The summed E-state index contributed by atoms with van der Waals surface area (Å²) in [5.41, 5.74) is 0.563. The van der Waals surface area contributed by atoms with Gasteiger partial charge in [0.05, 0.1) is 11.7 Å². The fourth-order valence-electron chi connectivity index (χ4n) is 1.84. The second kappa shape index (κ2) is 9.19. The van der Waals surface area contributed by atoms with Crippen LogP contribution in [0.2, 0.25) is 0 Å². The van der Waals surface area contributed by atoms with E-state index in [1.54, 1.807) is 36.7 Å². The molecule has 2 aromatic rings. The van der Waals surface area contributed by atoms with Crippen molar-refractivity contribution in [1.82, 2.24) is 4.98 Å². The molecule has 0 spiro atoms. The third-order valence-corrected chi connectivity index (χ3v) is 4.81. The van der Waals surface area contributed by atoms with E-state index >= 15 is 0 Å². The summed E-state index contributed by atoms with van der Waals surface area (Å²) in [4.78, 5) is 39.1. The van der Waals surface area contributed by atoms with Gasteiger partial charge in [0.1, 0.15) is 0 Å². The zero-order valence-corrected chi connectivity index (χ0v) is 15.0. The molecule has 7 nitrogen and oxygen atoms in total. The van der Waals surface area contributed by atoms with Crippen molar-refractivity contribution in [3.05, 3.63) is 35.8 Å². The van der Waals surface area contributed by atoms with Crippen LogP contribution in [0, 0.1) is 0 Å². The number of aliphatic carboxylic acids is 1. The summed E-state index contributed by atoms with van der Waals surface area (Å²) in [5, 5.41) is 16.0. The lowest BCUT2D eigenvalue weighted by atomic mass is 10.2. The normalized spacial score (nSPS) is 11.6. The molecule has 1 atom stereocenters. The topological polar surface area (TPSA) is 108 Å². The van der Waals surface area contributed by atoms with Gasteiger partial charge >= 0.3 is 5.97 Å². The van der Waals surface area contributed by atoms with E-state index in [-0.39, 0.29) is 29.9 Å². The summed E-state index contributed by atoms with van der Waals surface area (Å²) < 4.78 is 0. The average molecular weight is 379 g/mol. The van der Waals surface area contributed by atoms with Gasteiger partial charge in [-0.05, 0) is 25.1 Å². The molecule has 1 heterocycles. The summed E-state index contributed by atoms with van der Waals surface area (Å²) in [7, 11) is 0. The number of thioether (sulfide) groups is 1. The molecule has 25 heavy (non-hydrogen) atoms. The summed E-state index contributed by atoms with van der Waals surface area (Å²) in [6, 6.07) is 7.06. The molecule has 1 aromatic carbocycles. The highest BCUT2D eigenvalue weighted by Crippen LogP contribution is 2.27. The van der Waals surface area contributed by atoms with E-state index in [2.05, 4.69) is 15.6 Å². The quantitative estimate of drug-likeness (QED) is 0.608. The first-order valence-corrected chi connectivity index (χ1v) is 9.18. The number of amides is 2. The van der Waals surface area contributed by atoms with Crippen LogP contribution in [0.25, 0.3) is 0 Å². The van der Waals surface area contributed by atoms with Crippen molar-refractivity contribution >= 4 is 51.7 Å². The van der Waals surface area contributed by atoms with Crippen molar-refractivity contribution < 1.29 is 19.5 Å². The first-order chi connectivity index (χ1) is 11.9. The fraction of sp³-hybridized carbons (Fsp3) is 0.250. The van der Waals surface area contributed by atoms with Crippen LogP contribution < -0.4 is 10.6 Å². The van der Waals surface area contributed by atoms with Crippen LogP contribution in [-0.2, 0) is 14.4 Å². The Morgan fingerprint density at radius 3 is 2.76 bits per heavy atom. The Morgan fingerprint density at radius 2 is 2.08 bits per heavy atom. The Bertz CT molecular complexity index is 750. The fourth-order valence-corrected chi connectivity index (χ4v) is 3.30. The molecule has 0 saturated heterocycles.